The average molecular weight is 303 g/mol. The van der Waals surface area contributed by atoms with Gasteiger partial charge >= 0.3 is 0 Å². The van der Waals surface area contributed by atoms with Crippen molar-refractivity contribution in [2.45, 2.75) is 0 Å². The number of amides is 1. The molecule has 0 radical (unpaired) electrons. The maximum absolute atomic E-state index is 13.6. The Bertz CT molecular complexity index is 650. The van der Waals surface area contributed by atoms with Gasteiger partial charge in [0.15, 0.2) is 11.0 Å². The summed E-state index contributed by atoms with van der Waals surface area (Å²) in [5.41, 5.74) is -0.0239. The van der Waals surface area contributed by atoms with E-state index in [0.717, 1.165) is 6.07 Å². The van der Waals surface area contributed by atoms with E-state index in [1.54, 1.807) is 0 Å². The summed E-state index contributed by atoms with van der Waals surface area (Å²) < 4.78 is 26.5. The third-order valence-corrected chi connectivity index (χ3v) is 2.82. The van der Waals surface area contributed by atoms with Crippen LogP contribution in [0.25, 0.3) is 0 Å². The quantitative estimate of drug-likeness (QED) is 0.854. The summed E-state index contributed by atoms with van der Waals surface area (Å²) in [5.74, 6) is -2.27. The van der Waals surface area contributed by atoms with Crippen LogP contribution < -0.4 is 5.32 Å². The number of nitrogens with one attached hydrogen (secondary N) is 1. The van der Waals surface area contributed by atoms with Gasteiger partial charge in [-0.2, -0.15) is 0 Å². The lowest BCUT2D eigenvalue weighted by Gasteiger charge is -2.07. The zero-order valence-electron chi connectivity index (χ0n) is 9.25. The number of anilines is 1. The molecule has 3 nitrogen and oxygen atoms in total. The van der Waals surface area contributed by atoms with Crippen molar-refractivity contribution in [1.82, 2.24) is 4.98 Å². The van der Waals surface area contributed by atoms with E-state index in [-0.39, 0.29) is 16.3 Å². The maximum Gasteiger partial charge on any atom is 0.258 e. The van der Waals surface area contributed by atoms with E-state index >= 15 is 0 Å². The molecule has 7 heteroatoms. The van der Waals surface area contributed by atoms with E-state index in [9.17, 15) is 13.6 Å². The Labute approximate surface area is 117 Å². The lowest BCUT2D eigenvalue weighted by atomic mass is 10.2. The van der Waals surface area contributed by atoms with Crippen LogP contribution >= 0.6 is 23.2 Å². The van der Waals surface area contributed by atoms with E-state index in [0.29, 0.717) is 0 Å². The minimum atomic E-state index is -0.921. The molecular formula is C12H6Cl2F2N2O. The van der Waals surface area contributed by atoms with Gasteiger partial charge in [-0.25, -0.2) is 13.8 Å². The van der Waals surface area contributed by atoms with Gasteiger partial charge in [0, 0.05) is 11.9 Å². The van der Waals surface area contributed by atoms with Crippen molar-refractivity contribution in [3.63, 3.8) is 0 Å². The van der Waals surface area contributed by atoms with Crippen molar-refractivity contribution in [3.8, 4) is 0 Å². The van der Waals surface area contributed by atoms with Gasteiger partial charge in [0.1, 0.15) is 5.82 Å². The molecule has 0 fully saturated rings. The van der Waals surface area contributed by atoms with Crippen LogP contribution in [-0.4, -0.2) is 10.9 Å². The molecule has 0 saturated heterocycles. The fourth-order valence-corrected chi connectivity index (χ4v) is 1.70. The van der Waals surface area contributed by atoms with Crippen molar-refractivity contribution in [2.75, 3.05) is 5.32 Å². The second kappa shape index (κ2) is 5.50. The summed E-state index contributed by atoms with van der Waals surface area (Å²) in [6.07, 6.45) is 1.21. The predicted octanol–water partition coefficient (Wildman–Crippen LogP) is 3.92. The minimum Gasteiger partial charge on any atom is -0.322 e. The Morgan fingerprint density at radius 1 is 1.21 bits per heavy atom. The zero-order chi connectivity index (χ0) is 14.0. The topological polar surface area (TPSA) is 42.0 Å². The number of halogens is 4. The lowest BCUT2D eigenvalue weighted by molar-refractivity contribution is 0.102. The van der Waals surface area contributed by atoms with Gasteiger partial charge in [-0.05, 0) is 24.3 Å². The number of aromatic nitrogens is 1. The van der Waals surface area contributed by atoms with Crippen LogP contribution in [0.15, 0.2) is 30.5 Å². The molecule has 2 rings (SSSR count). The summed E-state index contributed by atoms with van der Waals surface area (Å²) in [6, 6.07) is 4.80. The molecule has 1 N–H and O–H groups in total. The number of rotatable bonds is 2. The third-order valence-electron chi connectivity index (χ3n) is 2.27. The average Bonchev–Trinajstić information content (AvgIpc) is 2.37. The monoisotopic (exact) mass is 302 g/mol. The molecule has 1 heterocycles. The Kier molecular flexibility index (Phi) is 3.97. The summed E-state index contributed by atoms with van der Waals surface area (Å²) in [4.78, 5) is 15.3. The molecule has 1 amide bonds. The lowest BCUT2D eigenvalue weighted by Crippen LogP contribution is -2.14. The van der Waals surface area contributed by atoms with Crippen LogP contribution in [0.4, 0.5) is 14.5 Å². The largest absolute Gasteiger partial charge is 0.322 e. The molecule has 0 aliphatic rings. The van der Waals surface area contributed by atoms with Gasteiger partial charge in [0.2, 0.25) is 0 Å². The number of hydrogen-bond donors (Lipinski definition) is 1. The summed E-state index contributed by atoms with van der Waals surface area (Å²) in [6.45, 7) is 0. The van der Waals surface area contributed by atoms with Gasteiger partial charge < -0.3 is 5.32 Å². The molecule has 0 aliphatic heterocycles. The first kappa shape index (κ1) is 13.7. The molecule has 19 heavy (non-hydrogen) atoms. The van der Waals surface area contributed by atoms with E-state index in [4.69, 9.17) is 23.2 Å². The number of pyridine rings is 1. The van der Waals surface area contributed by atoms with Crippen molar-refractivity contribution in [3.05, 3.63) is 57.8 Å². The predicted molar refractivity (Wildman–Crippen MR) is 68.6 cm³/mol. The van der Waals surface area contributed by atoms with Crippen LogP contribution in [0.2, 0.25) is 10.2 Å². The van der Waals surface area contributed by atoms with E-state index in [1.165, 1.54) is 24.4 Å². The van der Waals surface area contributed by atoms with Crippen LogP contribution in [0.1, 0.15) is 10.4 Å². The highest BCUT2D eigenvalue weighted by atomic mass is 35.5. The van der Waals surface area contributed by atoms with Gasteiger partial charge in [0.25, 0.3) is 5.91 Å². The number of benzene rings is 1. The van der Waals surface area contributed by atoms with Crippen molar-refractivity contribution < 1.29 is 13.6 Å². The van der Waals surface area contributed by atoms with Crippen LogP contribution in [0, 0.1) is 11.6 Å². The Hall–Kier alpha value is -1.72. The molecule has 0 aliphatic carbocycles. The summed E-state index contributed by atoms with van der Waals surface area (Å²) in [7, 11) is 0. The molecule has 0 saturated carbocycles. The van der Waals surface area contributed by atoms with Crippen molar-refractivity contribution in [1.29, 1.82) is 0 Å². The normalized spacial score (nSPS) is 10.3. The van der Waals surface area contributed by atoms with Crippen LogP contribution in [0.5, 0.6) is 0 Å². The third kappa shape index (κ3) is 3.00. The fraction of sp³-hybridized carbons (Fsp3) is 0. The number of carbonyl (C=O) groups is 1. The second-order valence-electron chi connectivity index (χ2n) is 3.55. The first-order valence-electron chi connectivity index (χ1n) is 5.05. The molecule has 1 aromatic heterocycles. The molecule has 0 atom stereocenters. The Morgan fingerprint density at radius 3 is 2.63 bits per heavy atom. The minimum absolute atomic E-state index is 0.147. The smallest absolute Gasteiger partial charge is 0.258 e. The Balaban J connectivity index is 2.26. The van der Waals surface area contributed by atoms with E-state index in [1.807, 2.05) is 0 Å². The zero-order valence-corrected chi connectivity index (χ0v) is 10.8. The molecule has 2 aromatic rings. The van der Waals surface area contributed by atoms with E-state index < -0.39 is 22.7 Å². The number of nitrogens with zero attached hydrogens (tertiary/aromatic N) is 1. The summed E-state index contributed by atoms with van der Waals surface area (Å²) in [5, 5.41) is 1.83. The highest BCUT2D eigenvalue weighted by Crippen LogP contribution is 2.21. The van der Waals surface area contributed by atoms with Crippen molar-refractivity contribution >= 4 is 34.8 Å². The SMILES string of the molecule is O=C(Nc1ccc(F)c(Cl)c1)c1ccnc(Cl)c1F. The van der Waals surface area contributed by atoms with Gasteiger partial charge in [-0.15, -0.1) is 0 Å². The van der Waals surface area contributed by atoms with Gasteiger partial charge in [0.05, 0.1) is 10.6 Å². The highest BCUT2D eigenvalue weighted by molar-refractivity contribution is 6.31. The fourth-order valence-electron chi connectivity index (χ4n) is 1.37. The number of hydrogen-bond acceptors (Lipinski definition) is 2. The summed E-state index contributed by atoms with van der Waals surface area (Å²) >= 11 is 11.0. The van der Waals surface area contributed by atoms with Crippen LogP contribution in [0.3, 0.4) is 0 Å². The molecule has 98 valence electrons. The van der Waals surface area contributed by atoms with Gasteiger partial charge in [-0.3, -0.25) is 4.79 Å². The molecule has 0 bridgehead atoms. The maximum atomic E-state index is 13.6. The standard InChI is InChI=1S/C12H6Cl2F2N2O/c13-8-5-6(1-2-9(8)15)18-12(19)7-3-4-17-11(14)10(7)16/h1-5H,(H,18,19). The first-order valence-corrected chi connectivity index (χ1v) is 5.81. The van der Waals surface area contributed by atoms with Crippen LogP contribution in [-0.2, 0) is 0 Å². The molecule has 0 unspecified atom stereocenters. The first-order chi connectivity index (χ1) is 8.99. The van der Waals surface area contributed by atoms with E-state index in [2.05, 4.69) is 10.3 Å². The molecular weight excluding hydrogens is 297 g/mol. The molecule has 1 aromatic carbocycles. The van der Waals surface area contributed by atoms with Crippen molar-refractivity contribution in [2.24, 2.45) is 0 Å². The number of carbonyl (C=O) groups excluding carboxylic acids is 1. The molecule has 0 spiro atoms. The highest BCUT2D eigenvalue weighted by Gasteiger charge is 2.15. The van der Waals surface area contributed by atoms with Gasteiger partial charge in [-0.1, -0.05) is 23.2 Å². The second-order valence-corrected chi connectivity index (χ2v) is 4.31. The Morgan fingerprint density at radius 2 is 1.95 bits per heavy atom.